The van der Waals surface area contributed by atoms with Crippen molar-refractivity contribution in [2.24, 2.45) is 0 Å². The van der Waals surface area contributed by atoms with E-state index in [0.717, 1.165) is 54.9 Å². The summed E-state index contributed by atoms with van der Waals surface area (Å²) >= 11 is 0. The molecule has 3 heterocycles. The molecular formula is C20H20N4O. The fourth-order valence-corrected chi connectivity index (χ4v) is 2.98. The van der Waals surface area contributed by atoms with Crippen LogP contribution in [-0.4, -0.2) is 34.7 Å². The minimum Gasteiger partial charge on any atom is -0.377 e. The smallest absolute Gasteiger partial charge is 0.162 e. The van der Waals surface area contributed by atoms with Gasteiger partial charge in [0.05, 0.1) is 18.7 Å². The molecule has 1 aromatic carbocycles. The van der Waals surface area contributed by atoms with Crippen molar-refractivity contribution in [1.29, 1.82) is 0 Å². The third-order valence-electron chi connectivity index (χ3n) is 4.34. The Labute approximate surface area is 146 Å². The van der Waals surface area contributed by atoms with E-state index in [2.05, 4.69) is 22.4 Å². The number of benzene rings is 1. The highest BCUT2D eigenvalue weighted by Crippen LogP contribution is 2.24. The van der Waals surface area contributed by atoms with Crippen molar-refractivity contribution in [3.05, 3.63) is 60.4 Å². The molecule has 3 aromatic rings. The first-order chi connectivity index (χ1) is 12.4. The van der Waals surface area contributed by atoms with Gasteiger partial charge in [0.25, 0.3) is 0 Å². The van der Waals surface area contributed by atoms with Crippen LogP contribution in [0.4, 0.5) is 5.82 Å². The summed E-state index contributed by atoms with van der Waals surface area (Å²) in [6.07, 6.45) is 7.74. The van der Waals surface area contributed by atoms with Gasteiger partial charge in [-0.15, -0.1) is 0 Å². The lowest BCUT2D eigenvalue weighted by Crippen LogP contribution is -2.10. The van der Waals surface area contributed by atoms with E-state index in [4.69, 9.17) is 14.7 Å². The van der Waals surface area contributed by atoms with Gasteiger partial charge in [0, 0.05) is 29.9 Å². The highest BCUT2D eigenvalue weighted by Gasteiger charge is 2.09. The van der Waals surface area contributed by atoms with Crippen molar-refractivity contribution in [2.45, 2.75) is 12.8 Å². The van der Waals surface area contributed by atoms with E-state index >= 15 is 0 Å². The summed E-state index contributed by atoms with van der Waals surface area (Å²) in [5.41, 5.74) is 3.36. The van der Waals surface area contributed by atoms with Crippen LogP contribution in [-0.2, 0) is 4.74 Å². The van der Waals surface area contributed by atoms with Crippen molar-refractivity contribution < 1.29 is 4.74 Å². The van der Waals surface area contributed by atoms with Crippen LogP contribution in [0, 0.1) is 0 Å². The molecule has 0 radical (unpaired) electrons. The second kappa shape index (κ2) is 7.40. The van der Waals surface area contributed by atoms with E-state index in [-0.39, 0.29) is 0 Å². The maximum absolute atomic E-state index is 5.36. The predicted octanol–water partition coefficient (Wildman–Crippen LogP) is 3.84. The van der Waals surface area contributed by atoms with Gasteiger partial charge < -0.3 is 10.1 Å². The van der Waals surface area contributed by atoms with E-state index in [1.54, 1.807) is 12.4 Å². The Hall–Kier alpha value is -2.79. The quantitative estimate of drug-likeness (QED) is 0.719. The third-order valence-corrected chi connectivity index (χ3v) is 4.34. The molecule has 0 aliphatic carbocycles. The summed E-state index contributed by atoms with van der Waals surface area (Å²) in [7, 11) is 0. The molecule has 5 heteroatoms. The van der Waals surface area contributed by atoms with Gasteiger partial charge in [0.15, 0.2) is 5.82 Å². The lowest BCUT2D eigenvalue weighted by atomic mass is 10.1. The average molecular weight is 332 g/mol. The normalized spacial score (nSPS) is 14.3. The minimum atomic E-state index is 0.717. The average Bonchev–Trinajstić information content (AvgIpc) is 2.69. The van der Waals surface area contributed by atoms with Gasteiger partial charge >= 0.3 is 0 Å². The molecule has 1 aliphatic heterocycles. The number of pyridine rings is 1. The molecular weight excluding hydrogens is 312 g/mol. The number of hydrogen-bond donors (Lipinski definition) is 1. The lowest BCUT2D eigenvalue weighted by Gasteiger charge is -2.15. The van der Waals surface area contributed by atoms with Gasteiger partial charge in [-0.1, -0.05) is 23.8 Å². The van der Waals surface area contributed by atoms with Gasteiger partial charge in [0.2, 0.25) is 0 Å². The van der Waals surface area contributed by atoms with Gasteiger partial charge in [-0.2, -0.15) is 0 Å². The minimum absolute atomic E-state index is 0.717. The van der Waals surface area contributed by atoms with Crippen LogP contribution in [0.2, 0.25) is 0 Å². The topological polar surface area (TPSA) is 59.9 Å². The molecule has 0 bridgehead atoms. The van der Waals surface area contributed by atoms with Crippen LogP contribution < -0.4 is 5.32 Å². The van der Waals surface area contributed by atoms with Crippen molar-refractivity contribution in [3.63, 3.8) is 0 Å². The number of aromatic nitrogens is 3. The molecule has 2 aromatic heterocycles. The van der Waals surface area contributed by atoms with E-state index in [1.807, 2.05) is 30.3 Å². The molecule has 0 spiro atoms. The number of anilines is 1. The molecule has 1 N–H and O–H groups in total. The summed E-state index contributed by atoms with van der Waals surface area (Å²) in [5, 5.41) is 4.54. The number of nitrogens with zero attached hydrogens (tertiary/aromatic N) is 3. The zero-order valence-electron chi connectivity index (χ0n) is 14.0. The molecule has 0 unspecified atom stereocenters. The van der Waals surface area contributed by atoms with Gasteiger partial charge in [-0.25, -0.2) is 9.97 Å². The molecule has 1 aliphatic rings. The second-order valence-electron chi connectivity index (χ2n) is 6.01. The molecule has 0 fully saturated rings. The number of nitrogens with one attached hydrogen (secondary N) is 1. The SMILES string of the molecule is C1=C(CCNc2nc(-c3ccncc3)nc3ccccc23)CCOC1. The van der Waals surface area contributed by atoms with E-state index in [9.17, 15) is 0 Å². The summed E-state index contributed by atoms with van der Waals surface area (Å²) in [6.45, 7) is 2.41. The van der Waals surface area contributed by atoms with Gasteiger partial charge in [-0.05, 0) is 37.1 Å². The Morgan fingerprint density at radius 2 is 1.92 bits per heavy atom. The first-order valence-corrected chi connectivity index (χ1v) is 8.57. The molecule has 0 atom stereocenters. The Bertz CT molecular complexity index is 893. The third kappa shape index (κ3) is 3.67. The number of rotatable bonds is 5. The van der Waals surface area contributed by atoms with E-state index < -0.39 is 0 Å². The fourth-order valence-electron chi connectivity index (χ4n) is 2.98. The molecule has 0 amide bonds. The monoisotopic (exact) mass is 332 g/mol. The zero-order valence-corrected chi connectivity index (χ0v) is 14.0. The van der Waals surface area contributed by atoms with Crippen LogP contribution in [0.5, 0.6) is 0 Å². The second-order valence-corrected chi connectivity index (χ2v) is 6.01. The Morgan fingerprint density at radius 3 is 2.76 bits per heavy atom. The Kier molecular flexibility index (Phi) is 4.65. The van der Waals surface area contributed by atoms with Crippen LogP contribution in [0.1, 0.15) is 12.8 Å². The summed E-state index contributed by atoms with van der Waals surface area (Å²) in [4.78, 5) is 13.5. The Morgan fingerprint density at radius 1 is 1.04 bits per heavy atom. The molecule has 0 saturated carbocycles. The van der Waals surface area contributed by atoms with E-state index in [1.165, 1.54) is 5.57 Å². The van der Waals surface area contributed by atoms with Crippen molar-refractivity contribution in [3.8, 4) is 11.4 Å². The number of fused-ring (bicyclic) bond motifs is 1. The van der Waals surface area contributed by atoms with E-state index in [0.29, 0.717) is 5.82 Å². The van der Waals surface area contributed by atoms with Crippen molar-refractivity contribution in [2.75, 3.05) is 25.1 Å². The van der Waals surface area contributed by atoms with Crippen LogP contribution >= 0.6 is 0 Å². The number of para-hydroxylation sites is 1. The van der Waals surface area contributed by atoms with Crippen LogP contribution in [0.3, 0.4) is 0 Å². The van der Waals surface area contributed by atoms with Crippen molar-refractivity contribution in [1.82, 2.24) is 15.0 Å². The highest BCUT2D eigenvalue weighted by molar-refractivity contribution is 5.90. The molecule has 25 heavy (non-hydrogen) atoms. The lowest BCUT2D eigenvalue weighted by molar-refractivity contribution is 0.153. The number of hydrogen-bond acceptors (Lipinski definition) is 5. The maximum Gasteiger partial charge on any atom is 0.162 e. The van der Waals surface area contributed by atoms with Gasteiger partial charge in [0.1, 0.15) is 5.82 Å². The maximum atomic E-state index is 5.36. The van der Waals surface area contributed by atoms with Crippen LogP contribution in [0.15, 0.2) is 60.4 Å². The summed E-state index contributed by atoms with van der Waals surface area (Å²) in [5.74, 6) is 1.60. The predicted molar refractivity (Wildman–Crippen MR) is 99.4 cm³/mol. The fraction of sp³-hybridized carbons (Fsp3) is 0.250. The first kappa shape index (κ1) is 15.7. The Balaban J connectivity index is 1.61. The molecule has 126 valence electrons. The van der Waals surface area contributed by atoms with Gasteiger partial charge in [-0.3, -0.25) is 4.98 Å². The zero-order chi connectivity index (χ0) is 16.9. The largest absolute Gasteiger partial charge is 0.377 e. The first-order valence-electron chi connectivity index (χ1n) is 8.57. The molecule has 5 nitrogen and oxygen atoms in total. The summed E-state index contributed by atoms with van der Waals surface area (Å²) < 4.78 is 5.36. The number of ether oxygens (including phenoxy) is 1. The molecule has 4 rings (SSSR count). The van der Waals surface area contributed by atoms with Crippen molar-refractivity contribution >= 4 is 16.7 Å². The molecule has 0 saturated heterocycles. The summed E-state index contributed by atoms with van der Waals surface area (Å²) in [6, 6.07) is 12.0. The highest BCUT2D eigenvalue weighted by atomic mass is 16.5. The van der Waals surface area contributed by atoms with Crippen LogP contribution in [0.25, 0.3) is 22.3 Å². The standard InChI is InChI=1S/C20H20N4O/c1-2-4-18-17(3-1)20(22-12-5-15-8-13-25-14-9-15)24-19(23-18)16-6-10-21-11-7-16/h1-4,6-8,10-11H,5,9,12-14H2,(H,22,23,24).